The number of H-pyrrole nitrogens is 1. The molecule has 148 valence electrons. The fourth-order valence-electron chi connectivity index (χ4n) is 3.74. The van der Waals surface area contributed by atoms with Crippen molar-refractivity contribution in [2.24, 2.45) is 0 Å². The fourth-order valence-corrected chi connectivity index (χ4v) is 3.74. The van der Waals surface area contributed by atoms with Crippen LogP contribution in [0.5, 0.6) is 5.88 Å². The van der Waals surface area contributed by atoms with Crippen molar-refractivity contribution in [2.45, 2.75) is 44.9 Å². The first-order valence-corrected chi connectivity index (χ1v) is 10.2. The molecule has 0 radical (unpaired) electrons. The number of aryl methyl sites for hydroxylation is 2. The molecule has 2 aromatic heterocycles. The Morgan fingerprint density at radius 3 is 2.93 bits per heavy atom. The lowest BCUT2D eigenvalue weighted by Crippen LogP contribution is -2.19. The van der Waals surface area contributed by atoms with Crippen LogP contribution in [0.3, 0.4) is 0 Å². The van der Waals surface area contributed by atoms with Crippen molar-refractivity contribution in [3.05, 3.63) is 53.4 Å². The van der Waals surface area contributed by atoms with Crippen LogP contribution in [0, 0.1) is 5.82 Å². The van der Waals surface area contributed by atoms with Gasteiger partial charge in [-0.05, 0) is 81.8 Å². The Hall–Kier alpha value is -2.47. The van der Waals surface area contributed by atoms with Crippen molar-refractivity contribution in [1.82, 2.24) is 20.3 Å². The van der Waals surface area contributed by atoms with Crippen molar-refractivity contribution in [2.75, 3.05) is 19.7 Å². The molecular formula is C22H27FN4O. The first kappa shape index (κ1) is 18.9. The number of aromatic nitrogens is 3. The fraction of sp³-hybridized carbons (Fsp3) is 0.455. The molecule has 0 spiro atoms. The largest absolute Gasteiger partial charge is 0.477 e. The highest BCUT2D eigenvalue weighted by Gasteiger charge is 2.12. The van der Waals surface area contributed by atoms with Gasteiger partial charge in [0.2, 0.25) is 5.88 Å². The number of halogens is 1. The van der Waals surface area contributed by atoms with Gasteiger partial charge in [0, 0.05) is 17.1 Å². The van der Waals surface area contributed by atoms with Crippen molar-refractivity contribution >= 4 is 10.9 Å². The van der Waals surface area contributed by atoms with Crippen LogP contribution in [-0.2, 0) is 19.3 Å². The molecule has 6 heteroatoms. The molecule has 0 unspecified atom stereocenters. The number of hydrogen-bond acceptors (Lipinski definition) is 4. The second-order valence-corrected chi connectivity index (χ2v) is 7.37. The quantitative estimate of drug-likeness (QED) is 0.550. The van der Waals surface area contributed by atoms with Crippen molar-refractivity contribution < 1.29 is 9.13 Å². The molecule has 0 amide bonds. The maximum atomic E-state index is 13.2. The second-order valence-electron chi connectivity index (χ2n) is 7.37. The topological polar surface area (TPSA) is 62.8 Å². The molecule has 1 aliphatic rings. The monoisotopic (exact) mass is 382 g/mol. The number of ether oxygens (including phenoxy) is 1. The van der Waals surface area contributed by atoms with Gasteiger partial charge < -0.3 is 15.0 Å². The number of unbranched alkanes of at least 4 members (excludes halogenated alkanes) is 1. The molecule has 1 aliphatic carbocycles. The minimum Gasteiger partial charge on any atom is -0.477 e. The smallest absolute Gasteiger partial charge is 0.232 e. The number of fused-ring (bicyclic) bond motifs is 2. The third kappa shape index (κ3) is 4.68. The lowest BCUT2D eigenvalue weighted by Gasteiger charge is -2.14. The first-order valence-electron chi connectivity index (χ1n) is 10.2. The molecule has 2 N–H and O–H groups in total. The Bertz CT molecular complexity index is 924. The van der Waals surface area contributed by atoms with Crippen molar-refractivity contribution in [1.29, 1.82) is 0 Å². The van der Waals surface area contributed by atoms with E-state index in [1.165, 1.54) is 24.5 Å². The van der Waals surface area contributed by atoms with Gasteiger partial charge in [0.05, 0.1) is 24.2 Å². The molecule has 0 bridgehead atoms. The lowest BCUT2D eigenvalue weighted by atomic mass is 10.0. The predicted octanol–water partition coefficient (Wildman–Crippen LogP) is 3.97. The summed E-state index contributed by atoms with van der Waals surface area (Å²) in [5.41, 5.74) is 4.34. The van der Waals surface area contributed by atoms with Crippen molar-refractivity contribution in [3.8, 4) is 5.88 Å². The Kier molecular flexibility index (Phi) is 6.17. The third-order valence-corrected chi connectivity index (χ3v) is 5.28. The molecule has 0 aliphatic heterocycles. The number of benzene rings is 1. The summed E-state index contributed by atoms with van der Waals surface area (Å²) in [6.45, 7) is 2.53. The van der Waals surface area contributed by atoms with E-state index < -0.39 is 0 Å². The summed E-state index contributed by atoms with van der Waals surface area (Å²) in [7, 11) is 0. The van der Waals surface area contributed by atoms with E-state index in [2.05, 4.69) is 20.3 Å². The summed E-state index contributed by atoms with van der Waals surface area (Å²) in [6, 6.07) is 4.90. The average Bonchev–Trinajstić information content (AvgIpc) is 3.11. The van der Waals surface area contributed by atoms with Crippen LogP contribution >= 0.6 is 0 Å². The number of nitrogens with one attached hydrogen (secondary N) is 2. The van der Waals surface area contributed by atoms with Gasteiger partial charge in [-0.25, -0.2) is 9.37 Å². The van der Waals surface area contributed by atoms with Gasteiger partial charge in [-0.3, -0.25) is 4.98 Å². The highest BCUT2D eigenvalue weighted by Crippen LogP contribution is 2.20. The second kappa shape index (κ2) is 9.15. The average molecular weight is 382 g/mol. The Morgan fingerprint density at radius 2 is 2.00 bits per heavy atom. The lowest BCUT2D eigenvalue weighted by molar-refractivity contribution is 0.291. The number of hydrogen-bond donors (Lipinski definition) is 2. The molecule has 3 aromatic rings. The molecule has 5 nitrogen and oxygen atoms in total. The zero-order chi connectivity index (χ0) is 19.2. The van der Waals surface area contributed by atoms with Gasteiger partial charge in [-0.15, -0.1) is 0 Å². The first-order chi connectivity index (χ1) is 13.8. The van der Waals surface area contributed by atoms with Crippen LogP contribution in [0.4, 0.5) is 4.39 Å². The van der Waals surface area contributed by atoms with E-state index in [9.17, 15) is 4.39 Å². The van der Waals surface area contributed by atoms with Crippen LogP contribution in [0.1, 0.15) is 42.6 Å². The molecule has 1 aromatic carbocycles. The Labute approximate surface area is 164 Å². The number of nitrogens with zero attached hydrogens (tertiary/aromatic N) is 2. The van der Waals surface area contributed by atoms with Gasteiger partial charge in [0.1, 0.15) is 5.82 Å². The van der Waals surface area contributed by atoms with Crippen LogP contribution in [0.2, 0.25) is 0 Å². The van der Waals surface area contributed by atoms with E-state index in [0.717, 1.165) is 67.5 Å². The maximum Gasteiger partial charge on any atom is 0.232 e. The van der Waals surface area contributed by atoms with Crippen LogP contribution in [0.25, 0.3) is 10.9 Å². The summed E-state index contributed by atoms with van der Waals surface area (Å²) in [5.74, 6) is 0.451. The molecule has 28 heavy (non-hydrogen) atoms. The van der Waals surface area contributed by atoms with Gasteiger partial charge >= 0.3 is 0 Å². The normalized spacial score (nSPS) is 13.6. The molecule has 4 rings (SSSR count). The predicted molar refractivity (Wildman–Crippen MR) is 108 cm³/mol. The molecule has 0 saturated carbocycles. The van der Waals surface area contributed by atoms with Crippen molar-refractivity contribution in [3.63, 3.8) is 0 Å². The van der Waals surface area contributed by atoms with Gasteiger partial charge in [-0.2, -0.15) is 0 Å². The molecule has 0 saturated heterocycles. The summed E-state index contributed by atoms with van der Waals surface area (Å²) in [6.07, 6.45) is 11.2. The van der Waals surface area contributed by atoms with E-state index in [4.69, 9.17) is 4.74 Å². The van der Waals surface area contributed by atoms with Gasteiger partial charge in [0.15, 0.2) is 0 Å². The minimum atomic E-state index is -0.206. The zero-order valence-electron chi connectivity index (χ0n) is 16.1. The molecule has 0 fully saturated rings. The SMILES string of the molecule is Fc1ccc2c(CCNCCCCOc3cnc4c(n3)CCCC4)c[nH]c2c1. The minimum absolute atomic E-state index is 0.206. The number of rotatable bonds is 9. The van der Waals surface area contributed by atoms with E-state index in [0.29, 0.717) is 12.5 Å². The number of aromatic amines is 1. The summed E-state index contributed by atoms with van der Waals surface area (Å²) < 4.78 is 19.0. The summed E-state index contributed by atoms with van der Waals surface area (Å²) in [5, 5.41) is 4.57. The standard InChI is InChI=1S/C22H27FN4O/c23-17-7-8-18-16(14-25-21(18)13-17)9-11-24-10-3-4-12-28-22-15-26-19-5-1-2-6-20(19)27-22/h7-8,13-15,24-25H,1-6,9-12H2. The highest BCUT2D eigenvalue weighted by atomic mass is 19.1. The zero-order valence-corrected chi connectivity index (χ0v) is 16.1. The third-order valence-electron chi connectivity index (χ3n) is 5.28. The Morgan fingerprint density at radius 1 is 1.11 bits per heavy atom. The van der Waals surface area contributed by atoms with Gasteiger partial charge in [-0.1, -0.05) is 0 Å². The summed E-state index contributed by atoms with van der Waals surface area (Å²) in [4.78, 5) is 12.2. The van der Waals surface area contributed by atoms with E-state index in [1.54, 1.807) is 12.3 Å². The van der Waals surface area contributed by atoms with E-state index in [1.807, 2.05) is 12.3 Å². The van der Waals surface area contributed by atoms with E-state index in [-0.39, 0.29) is 5.82 Å². The van der Waals surface area contributed by atoms with Crippen LogP contribution in [-0.4, -0.2) is 34.6 Å². The molecule has 0 atom stereocenters. The van der Waals surface area contributed by atoms with Crippen LogP contribution in [0.15, 0.2) is 30.6 Å². The highest BCUT2D eigenvalue weighted by molar-refractivity contribution is 5.83. The van der Waals surface area contributed by atoms with Crippen LogP contribution < -0.4 is 10.1 Å². The molecular weight excluding hydrogens is 355 g/mol. The van der Waals surface area contributed by atoms with Gasteiger partial charge in [0.25, 0.3) is 0 Å². The summed E-state index contributed by atoms with van der Waals surface area (Å²) >= 11 is 0. The Balaban J connectivity index is 1.11. The van der Waals surface area contributed by atoms with E-state index >= 15 is 0 Å². The molecule has 2 heterocycles. The maximum absolute atomic E-state index is 13.2.